The standard InChI is InChI=1S/C24H28Cl2N4/c25-21-14-9-15-22(26)20(21)17-30-28-23(24(29-30)18-10-5-4-6-11-18)16-27-19-12-7-2-1-3-8-13-19/h4-6,9-11,14-15,19,27H,1-3,7-8,12-13,16-17H2. The van der Waals surface area contributed by atoms with Gasteiger partial charge in [0.15, 0.2) is 0 Å². The van der Waals surface area contributed by atoms with E-state index in [2.05, 4.69) is 17.4 Å². The summed E-state index contributed by atoms with van der Waals surface area (Å²) in [6.07, 6.45) is 9.17. The molecule has 0 saturated heterocycles. The van der Waals surface area contributed by atoms with Gasteiger partial charge in [-0.05, 0) is 25.0 Å². The Hall–Kier alpha value is -1.88. The summed E-state index contributed by atoms with van der Waals surface area (Å²) in [4.78, 5) is 1.71. The summed E-state index contributed by atoms with van der Waals surface area (Å²) in [6.45, 7) is 1.16. The minimum atomic E-state index is 0.446. The van der Waals surface area contributed by atoms with Crippen LogP contribution < -0.4 is 5.32 Å². The topological polar surface area (TPSA) is 42.7 Å². The number of aromatic nitrogens is 3. The van der Waals surface area contributed by atoms with E-state index in [0.717, 1.165) is 22.5 Å². The van der Waals surface area contributed by atoms with Crippen LogP contribution in [0.4, 0.5) is 0 Å². The average molecular weight is 443 g/mol. The van der Waals surface area contributed by atoms with E-state index >= 15 is 0 Å². The molecule has 0 bridgehead atoms. The Balaban J connectivity index is 1.56. The largest absolute Gasteiger partial charge is 0.308 e. The van der Waals surface area contributed by atoms with Crippen LogP contribution in [0.3, 0.4) is 0 Å². The second-order valence-corrected chi connectivity index (χ2v) is 8.83. The molecule has 1 heterocycles. The molecule has 158 valence electrons. The van der Waals surface area contributed by atoms with E-state index in [9.17, 15) is 0 Å². The van der Waals surface area contributed by atoms with Crippen LogP contribution in [-0.4, -0.2) is 21.0 Å². The SMILES string of the molecule is Clc1cccc(Cl)c1Cn1nc(CNC2CCCCCCC2)c(-c2ccccc2)n1. The molecule has 1 aromatic heterocycles. The fourth-order valence-electron chi connectivity index (χ4n) is 4.12. The second kappa shape index (κ2) is 10.4. The highest BCUT2D eigenvalue weighted by molar-refractivity contribution is 6.35. The maximum atomic E-state index is 6.37. The van der Waals surface area contributed by atoms with E-state index in [4.69, 9.17) is 33.4 Å². The van der Waals surface area contributed by atoms with Crippen molar-refractivity contribution in [3.05, 3.63) is 69.8 Å². The lowest BCUT2D eigenvalue weighted by Crippen LogP contribution is -2.29. The number of halogens is 2. The van der Waals surface area contributed by atoms with E-state index in [1.54, 1.807) is 4.80 Å². The molecule has 0 aliphatic heterocycles. The van der Waals surface area contributed by atoms with Gasteiger partial charge < -0.3 is 5.32 Å². The van der Waals surface area contributed by atoms with Crippen molar-refractivity contribution in [1.82, 2.24) is 20.3 Å². The Morgan fingerprint density at radius 1 is 0.833 bits per heavy atom. The Morgan fingerprint density at radius 3 is 2.20 bits per heavy atom. The van der Waals surface area contributed by atoms with E-state index in [1.807, 2.05) is 36.4 Å². The van der Waals surface area contributed by atoms with Gasteiger partial charge in [-0.2, -0.15) is 15.0 Å². The third-order valence-electron chi connectivity index (χ3n) is 5.80. The number of rotatable bonds is 6. The van der Waals surface area contributed by atoms with Gasteiger partial charge in [-0.25, -0.2) is 0 Å². The first-order chi connectivity index (χ1) is 14.7. The third kappa shape index (κ3) is 5.42. The normalized spacial score (nSPS) is 15.7. The monoisotopic (exact) mass is 442 g/mol. The van der Waals surface area contributed by atoms with Crippen molar-refractivity contribution in [3.63, 3.8) is 0 Å². The van der Waals surface area contributed by atoms with Crippen LogP contribution in [0.15, 0.2) is 48.5 Å². The summed E-state index contributed by atoms with van der Waals surface area (Å²) in [7, 11) is 0. The first kappa shape index (κ1) is 21.4. The van der Waals surface area contributed by atoms with Crippen LogP contribution in [0.2, 0.25) is 10.0 Å². The molecule has 1 fully saturated rings. The van der Waals surface area contributed by atoms with Crippen molar-refractivity contribution >= 4 is 23.2 Å². The number of nitrogens with zero attached hydrogens (tertiary/aromatic N) is 3. The molecule has 1 saturated carbocycles. The maximum Gasteiger partial charge on any atom is 0.117 e. The average Bonchev–Trinajstić information content (AvgIpc) is 3.13. The zero-order valence-corrected chi connectivity index (χ0v) is 18.7. The summed E-state index contributed by atoms with van der Waals surface area (Å²) < 4.78 is 0. The molecule has 0 radical (unpaired) electrons. The van der Waals surface area contributed by atoms with Gasteiger partial charge >= 0.3 is 0 Å². The molecular weight excluding hydrogens is 415 g/mol. The van der Waals surface area contributed by atoms with Gasteiger partial charge in [-0.3, -0.25) is 0 Å². The number of hydrogen-bond acceptors (Lipinski definition) is 3. The van der Waals surface area contributed by atoms with Gasteiger partial charge in [0.2, 0.25) is 0 Å². The zero-order valence-electron chi connectivity index (χ0n) is 17.2. The highest BCUT2D eigenvalue weighted by Gasteiger charge is 2.17. The van der Waals surface area contributed by atoms with Crippen molar-refractivity contribution in [2.75, 3.05) is 0 Å². The Kier molecular flexibility index (Phi) is 7.42. The quantitative estimate of drug-likeness (QED) is 0.473. The van der Waals surface area contributed by atoms with Crippen LogP contribution in [0, 0.1) is 0 Å². The molecule has 4 nitrogen and oxygen atoms in total. The van der Waals surface area contributed by atoms with Gasteiger partial charge in [0.25, 0.3) is 0 Å². The Bertz CT molecular complexity index is 927. The number of nitrogens with one attached hydrogen (secondary N) is 1. The minimum absolute atomic E-state index is 0.446. The van der Waals surface area contributed by atoms with Crippen molar-refractivity contribution in [3.8, 4) is 11.3 Å². The molecule has 30 heavy (non-hydrogen) atoms. The molecule has 0 spiro atoms. The molecule has 0 amide bonds. The lowest BCUT2D eigenvalue weighted by molar-refractivity contribution is 0.387. The number of hydrogen-bond donors (Lipinski definition) is 1. The lowest BCUT2D eigenvalue weighted by atomic mass is 9.96. The first-order valence-corrected chi connectivity index (χ1v) is 11.6. The second-order valence-electron chi connectivity index (χ2n) is 8.01. The number of benzene rings is 2. The highest BCUT2D eigenvalue weighted by Crippen LogP contribution is 2.26. The van der Waals surface area contributed by atoms with E-state index in [-0.39, 0.29) is 0 Å². The first-order valence-electron chi connectivity index (χ1n) is 10.9. The lowest BCUT2D eigenvalue weighted by Gasteiger charge is -2.20. The van der Waals surface area contributed by atoms with Crippen LogP contribution in [0.25, 0.3) is 11.3 Å². The molecule has 1 N–H and O–H groups in total. The Morgan fingerprint density at radius 2 is 1.50 bits per heavy atom. The molecule has 0 atom stereocenters. The van der Waals surface area contributed by atoms with Gasteiger partial charge in [-0.15, -0.1) is 0 Å². The van der Waals surface area contributed by atoms with Crippen molar-refractivity contribution in [2.45, 2.75) is 64.1 Å². The summed E-state index contributed by atoms with van der Waals surface area (Å²) in [5.74, 6) is 0. The van der Waals surface area contributed by atoms with Crippen molar-refractivity contribution < 1.29 is 0 Å². The van der Waals surface area contributed by atoms with Crippen molar-refractivity contribution in [2.24, 2.45) is 0 Å². The van der Waals surface area contributed by atoms with Crippen LogP contribution in [0.1, 0.15) is 56.2 Å². The van der Waals surface area contributed by atoms with Crippen LogP contribution in [-0.2, 0) is 13.1 Å². The van der Waals surface area contributed by atoms with Gasteiger partial charge in [0, 0.05) is 33.8 Å². The van der Waals surface area contributed by atoms with Gasteiger partial charge in [-0.1, -0.05) is 91.7 Å². The summed E-state index contributed by atoms with van der Waals surface area (Å²) in [5, 5.41) is 14.6. The van der Waals surface area contributed by atoms with Crippen molar-refractivity contribution in [1.29, 1.82) is 0 Å². The predicted molar refractivity (Wildman–Crippen MR) is 124 cm³/mol. The molecule has 1 aliphatic rings. The molecule has 6 heteroatoms. The molecule has 2 aromatic carbocycles. The van der Waals surface area contributed by atoms with Gasteiger partial charge in [0.1, 0.15) is 11.4 Å². The smallest absolute Gasteiger partial charge is 0.117 e. The van der Waals surface area contributed by atoms with Gasteiger partial charge in [0.05, 0.1) is 6.54 Å². The molecular formula is C24H28Cl2N4. The summed E-state index contributed by atoms with van der Waals surface area (Å²) in [6, 6.07) is 16.3. The minimum Gasteiger partial charge on any atom is -0.308 e. The Labute approximate surface area is 188 Å². The summed E-state index contributed by atoms with van der Waals surface area (Å²) >= 11 is 12.7. The maximum absolute atomic E-state index is 6.37. The zero-order chi connectivity index (χ0) is 20.8. The molecule has 4 rings (SSSR count). The van der Waals surface area contributed by atoms with E-state index in [0.29, 0.717) is 29.2 Å². The van der Waals surface area contributed by atoms with Crippen LogP contribution in [0.5, 0.6) is 0 Å². The molecule has 1 aliphatic carbocycles. The van der Waals surface area contributed by atoms with E-state index < -0.39 is 0 Å². The molecule has 3 aromatic rings. The molecule has 0 unspecified atom stereocenters. The highest BCUT2D eigenvalue weighted by atomic mass is 35.5. The fourth-order valence-corrected chi connectivity index (χ4v) is 4.64. The third-order valence-corrected chi connectivity index (χ3v) is 6.50. The predicted octanol–water partition coefficient (Wildman–Crippen LogP) is 6.50. The van der Waals surface area contributed by atoms with E-state index in [1.165, 1.54) is 44.9 Å². The summed E-state index contributed by atoms with van der Waals surface area (Å²) in [5.41, 5.74) is 3.79. The van der Waals surface area contributed by atoms with Crippen LogP contribution >= 0.6 is 23.2 Å². The fraction of sp³-hybridized carbons (Fsp3) is 0.417.